The van der Waals surface area contributed by atoms with Crippen LogP contribution in [0.4, 0.5) is 26.7 Å². The fraction of sp³-hybridized carbons (Fsp3) is 0.650. The van der Waals surface area contributed by atoms with Crippen molar-refractivity contribution in [2.45, 2.75) is 58.2 Å². The molecular formula is C20H27F5N2O3. The molecule has 1 aliphatic rings. The second-order valence-electron chi connectivity index (χ2n) is 8.21. The highest BCUT2D eigenvalue weighted by Gasteiger charge is 2.36. The van der Waals surface area contributed by atoms with Gasteiger partial charge in [-0.15, -0.1) is 0 Å². The summed E-state index contributed by atoms with van der Waals surface area (Å²) < 4.78 is 73.3. The molecule has 0 saturated carbocycles. The SMILES string of the molecule is CC(c1ccc(C(F)(F)F)cc1)N1CCN(C(=O)OC(C)(C)C)[C@H](COC(F)F)C1. The van der Waals surface area contributed by atoms with Crippen molar-refractivity contribution in [3.63, 3.8) is 0 Å². The Bertz CT molecular complexity index is 704. The first-order valence-corrected chi connectivity index (χ1v) is 9.58. The van der Waals surface area contributed by atoms with Crippen LogP contribution in [0.5, 0.6) is 0 Å². The molecule has 1 amide bonds. The maximum Gasteiger partial charge on any atom is 0.416 e. The summed E-state index contributed by atoms with van der Waals surface area (Å²) in [5, 5.41) is 0. The summed E-state index contributed by atoms with van der Waals surface area (Å²) in [7, 11) is 0. The van der Waals surface area contributed by atoms with Gasteiger partial charge in [0.25, 0.3) is 0 Å². The van der Waals surface area contributed by atoms with Crippen molar-refractivity contribution in [1.82, 2.24) is 9.80 Å². The van der Waals surface area contributed by atoms with Crippen LogP contribution in [0.3, 0.4) is 0 Å². The first kappa shape index (κ1) is 24.3. The predicted molar refractivity (Wildman–Crippen MR) is 100 cm³/mol. The molecule has 1 heterocycles. The maximum absolute atomic E-state index is 12.8. The summed E-state index contributed by atoms with van der Waals surface area (Å²) >= 11 is 0. The van der Waals surface area contributed by atoms with Gasteiger partial charge in [0, 0.05) is 25.7 Å². The first-order valence-electron chi connectivity index (χ1n) is 9.58. The molecule has 1 saturated heterocycles. The minimum absolute atomic E-state index is 0.216. The molecule has 0 aliphatic carbocycles. The van der Waals surface area contributed by atoms with E-state index >= 15 is 0 Å². The smallest absolute Gasteiger partial charge is 0.416 e. The highest BCUT2D eigenvalue weighted by Crippen LogP contribution is 2.31. The van der Waals surface area contributed by atoms with E-state index in [9.17, 15) is 26.7 Å². The highest BCUT2D eigenvalue weighted by atomic mass is 19.4. The van der Waals surface area contributed by atoms with E-state index in [1.165, 1.54) is 17.0 Å². The fourth-order valence-electron chi connectivity index (χ4n) is 3.28. The number of alkyl halides is 5. The molecule has 1 unspecified atom stereocenters. The fourth-order valence-corrected chi connectivity index (χ4v) is 3.28. The summed E-state index contributed by atoms with van der Waals surface area (Å²) in [6.45, 7) is 4.42. The molecule has 0 spiro atoms. The highest BCUT2D eigenvalue weighted by molar-refractivity contribution is 5.68. The molecular weight excluding hydrogens is 411 g/mol. The number of nitrogens with zero attached hydrogens (tertiary/aromatic N) is 2. The predicted octanol–water partition coefficient (Wildman–Crippen LogP) is 4.93. The van der Waals surface area contributed by atoms with E-state index in [4.69, 9.17) is 4.74 Å². The summed E-state index contributed by atoms with van der Waals surface area (Å²) in [5.74, 6) is 0. The van der Waals surface area contributed by atoms with Crippen LogP contribution in [0.25, 0.3) is 0 Å². The van der Waals surface area contributed by atoms with Gasteiger partial charge in [-0.05, 0) is 45.4 Å². The normalized spacial score (nSPS) is 19.8. The molecule has 2 atom stereocenters. The standard InChI is InChI=1S/C20H27F5N2O3/c1-13(14-5-7-15(8-6-14)20(23,24)25)26-9-10-27(18(28)30-19(2,3)4)16(11-26)12-29-17(21)22/h5-8,13,16-17H,9-12H2,1-4H3/t13?,16-/m0/s1. The van der Waals surface area contributed by atoms with E-state index in [1.54, 1.807) is 20.8 Å². The third kappa shape index (κ3) is 6.80. The molecule has 10 heteroatoms. The third-order valence-electron chi connectivity index (χ3n) is 4.82. The number of halogens is 5. The van der Waals surface area contributed by atoms with Gasteiger partial charge in [0.15, 0.2) is 0 Å². The monoisotopic (exact) mass is 438 g/mol. The molecule has 1 aliphatic heterocycles. The molecule has 1 aromatic rings. The Morgan fingerprint density at radius 1 is 1.13 bits per heavy atom. The lowest BCUT2D eigenvalue weighted by molar-refractivity contribution is -0.146. The number of carbonyl (C=O) groups is 1. The van der Waals surface area contributed by atoms with Crippen molar-refractivity contribution in [1.29, 1.82) is 0 Å². The molecule has 0 aromatic heterocycles. The van der Waals surface area contributed by atoms with E-state index in [2.05, 4.69) is 4.74 Å². The van der Waals surface area contributed by atoms with Gasteiger partial charge in [-0.2, -0.15) is 22.0 Å². The lowest BCUT2D eigenvalue weighted by atomic mass is 10.0. The Morgan fingerprint density at radius 3 is 2.23 bits per heavy atom. The minimum Gasteiger partial charge on any atom is -0.444 e. The van der Waals surface area contributed by atoms with Crippen molar-refractivity contribution in [3.8, 4) is 0 Å². The lowest BCUT2D eigenvalue weighted by Crippen LogP contribution is -2.58. The first-order chi connectivity index (χ1) is 13.8. The van der Waals surface area contributed by atoms with Gasteiger partial charge in [-0.25, -0.2) is 4.79 Å². The van der Waals surface area contributed by atoms with Gasteiger partial charge < -0.3 is 14.4 Å². The van der Waals surface area contributed by atoms with Crippen molar-refractivity contribution >= 4 is 6.09 Å². The van der Waals surface area contributed by atoms with Gasteiger partial charge in [0.05, 0.1) is 18.2 Å². The Morgan fingerprint density at radius 2 is 1.73 bits per heavy atom. The summed E-state index contributed by atoms with van der Waals surface area (Å²) in [6, 6.07) is 3.87. The molecule has 170 valence electrons. The second-order valence-corrected chi connectivity index (χ2v) is 8.21. The van der Waals surface area contributed by atoms with Gasteiger partial charge in [-0.3, -0.25) is 4.90 Å². The Kier molecular flexibility index (Phi) is 7.68. The van der Waals surface area contributed by atoms with Crippen molar-refractivity contribution in [2.75, 3.05) is 26.2 Å². The molecule has 1 aromatic carbocycles. The summed E-state index contributed by atoms with van der Waals surface area (Å²) in [4.78, 5) is 15.8. The van der Waals surface area contributed by atoms with Crippen LogP contribution in [0.15, 0.2) is 24.3 Å². The largest absolute Gasteiger partial charge is 0.444 e. The number of amides is 1. The van der Waals surface area contributed by atoms with Gasteiger partial charge in [-0.1, -0.05) is 12.1 Å². The quantitative estimate of drug-likeness (QED) is 0.612. The minimum atomic E-state index is -4.42. The van der Waals surface area contributed by atoms with E-state index in [-0.39, 0.29) is 25.7 Å². The number of rotatable bonds is 5. The lowest BCUT2D eigenvalue weighted by Gasteiger charge is -2.43. The Balaban J connectivity index is 2.12. The van der Waals surface area contributed by atoms with E-state index in [1.807, 2.05) is 11.8 Å². The van der Waals surface area contributed by atoms with Crippen molar-refractivity contribution in [3.05, 3.63) is 35.4 Å². The average molecular weight is 438 g/mol. The zero-order valence-corrected chi connectivity index (χ0v) is 17.4. The van der Waals surface area contributed by atoms with Crippen LogP contribution in [-0.2, 0) is 15.7 Å². The van der Waals surface area contributed by atoms with E-state index in [0.29, 0.717) is 12.1 Å². The van der Waals surface area contributed by atoms with Crippen LogP contribution in [0.1, 0.15) is 44.9 Å². The second kappa shape index (κ2) is 9.47. The Labute approximate surface area is 172 Å². The van der Waals surface area contributed by atoms with Crippen LogP contribution in [-0.4, -0.2) is 60.4 Å². The number of benzene rings is 1. The van der Waals surface area contributed by atoms with Gasteiger partial charge in [0.1, 0.15) is 5.60 Å². The van der Waals surface area contributed by atoms with Crippen molar-refractivity contribution < 1.29 is 36.2 Å². The zero-order valence-electron chi connectivity index (χ0n) is 17.4. The van der Waals surface area contributed by atoms with E-state index in [0.717, 1.165) is 12.1 Å². The number of ether oxygens (including phenoxy) is 2. The van der Waals surface area contributed by atoms with Gasteiger partial charge >= 0.3 is 18.9 Å². The number of piperazine rings is 1. The van der Waals surface area contributed by atoms with Crippen LogP contribution in [0, 0.1) is 0 Å². The molecule has 5 nitrogen and oxygen atoms in total. The van der Waals surface area contributed by atoms with E-state index < -0.39 is 36.1 Å². The molecule has 30 heavy (non-hydrogen) atoms. The zero-order chi connectivity index (χ0) is 22.7. The number of hydrogen-bond acceptors (Lipinski definition) is 4. The third-order valence-corrected chi connectivity index (χ3v) is 4.82. The topological polar surface area (TPSA) is 42.0 Å². The Hall–Kier alpha value is -1.94. The summed E-state index contributed by atoms with van der Waals surface area (Å²) in [6.07, 6.45) is -5.04. The van der Waals surface area contributed by atoms with Crippen molar-refractivity contribution in [2.24, 2.45) is 0 Å². The van der Waals surface area contributed by atoms with Crippen LogP contribution in [0.2, 0.25) is 0 Å². The number of hydrogen-bond donors (Lipinski definition) is 0. The van der Waals surface area contributed by atoms with Crippen LogP contribution < -0.4 is 0 Å². The summed E-state index contributed by atoms with van der Waals surface area (Å²) in [5.41, 5.74) is -0.825. The average Bonchev–Trinajstić information content (AvgIpc) is 2.63. The number of carbonyl (C=O) groups excluding carboxylic acids is 1. The maximum atomic E-state index is 12.8. The molecule has 0 radical (unpaired) electrons. The molecule has 2 rings (SSSR count). The molecule has 0 bridgehead atoms. The van der Waals surface area contributed by atoms with Crippen LogP contribution >= 0.6 is 0 Å². The molecule has 1 fully saturated rings. The molecule has 0 N–H and O–H groups in total. The van der Waals surface area contributed by atoms with Gasteiger partial charge in [0.2, 0.25) is 0 Å².